The van der Waals surface area contributed by atoms with Crippen LogP contribution in [0.25, 0.3) is 0 Å². The smallest absolute Gasteiger partial charge is 0.352 e. The van der Waals surface area contributed by atoms with Gasteiger partial charge in [-0.15, -0.1) is 22.0 Å². The maximum absolute atomic E-state index is 13.4. The Bertz CT molecular complexity index is 1230. The van der Waals surface area contributed by atoms with E-state index in [1.807, 2.05) is 0 Å². The highest BCUT2D eigenvalue weighted by molar-refractivity contribution is 8.01. The standard InChI is InChI=1S/C21H23N7O7S2/c1-35-21(23-16(31)14(22)10-5-3-2-4-6-10)18(34)28-15(17(32)33)11(9-36-19(21)28)12(7-8-13(29)30)37-20-24-26-27-25-20/h2-6,12,14,19H,7-9,22H2,1H3,(H,23,31)(H,29,30)(H,32,33)(H,24,25,26,27)/t12?,14?,19-,21-/m0/s1. The summed E-state index contributed by atoms with van der Waals surface area (Å²) < 4.78 is 5.47. The van der Waals surface area contributed by atoms with E-state index in [9.17, 15) is 29.4 Å². The average molecular weight is 550 g/mol. The molecule has 0 saturated carbocycles. The van der Waals surface area contributed by atoms with Crippen LogP contribution < -0.4 is 11.1 Å². The zero-order chi connectivity index (χ0) is 26.7. The van der Waals surface area contributed by atoms with E-state index in [0.717, 1.165) is 16.7 Å². The number of thioether (sulfide) groups is 2. The molecular weight excluding hydrogens is 526 g/mol. The zero-order valence-corrected chi connectivity index (χ0v) is 21.0. The molecule has 3 heterocycles. The Morgan fingerprint density at radius 3 is 2.68 bits per heavy atom. The number of benzene rings is 1. The number of rotatable bonds is 11. The van der Waals surface area contributed by atoms with Crippen molar-refractivity contribution < 1.29 is 34.1 Å². The van der Waals surface area contributed by atoms with Gasteiger partial charge in [-0.1, -0.05) is 42.1 Å². The van der Waals surface area contributed by atoms with Crippen molar-refractivity contribution in [1.82, 2.24) is 30.8 Å². The van der Waals surface area contributed by atoms with Crippen LogP contribution >= 0.6 is 23.5 Å². The van der Waals surface area contributed by atoms with Gasteiger partial charge in [-0.25, -0.2) is 4.79 Å². The minimum absolute atomic E-state index is 0.0615. The maximum atomic E-state index is 13.4. The summed E-state index contributed by atoms with van der Waals surface area (Å²) in [6.07, 6.45) is -0.185. The van der Waals surface area contributed by atoms with E-state index >= 15 is 0 Å². The summed E-state index contributed by atoms with van der Waals surface area (Å²) in [6, 6.07) is 7.48. The first kappa shape index (κ1) is 26.6. The highest BCUT2D eigenvalue weighted by atomic mass is 32.2. The molecule has 0 aliphatic carbocycles. The lowest BCUT2D eigenvalue weighted by Gasteiger charge is -2.56. The SMILES string of the molecule is CO[C@@]1(NC(=O)C(N)c2ccccc2)C(=O)N2C(C(=O)O)=C(C(CCC(=O)O)Sc3nn[nH]n3)CS[C@H]21. The summed E-state index contributed by atoms with van der Waals surface area (Å²) >= 11 is 2.22. The number of tetrazole rings is 1. The second-order valence-electron chi connectivity index (χ2n) is 8.07. The number of aromatic nitrogens is 4. The molecule has 1 saturated heterocycles. The largest absolute Gasteiger partial charge is 0.481 e. The second kappa shape index (κ2) is 10.9. The number of amides is 2. The maximum Gasteiger partial charge on any atom is 0.352 e. The number of H-pyrrole nitrogens is 1. The highest BCUT2D eigenvalue weighted by Gasteiger charge is 2.67. The molecule has 1 aromatic carbocycles. The number of carboxylic acid groups (broad SMARTS) is 2. The molecule has 2 aliphatic rings. The number of carbonyl (C=O) groups is 4. The number of carboxylic acids is 2. The number of hydrogen-bond donors (Lipinski definition) is 5. The van der Waals surface area contributed by atoms with Gasteiger partial charge in [0.1, 0.15) is 17.1 Å². The van der Waals surface area contributed by atoms with Crippen molar-refractivity contribution in [3.8, 4) is 0 Å². The number of ether oxygens (including phenoxy) is 1. The predicted octanol–water partition coefficient (Wildman–Crippen LogP) is -0.0621. The van der Waals surface area contributed by atoms with Crippen LogP contribution in [0.15, 0.2) is 46.8 Å². The van der Waals surface area contributed by atoms with Gasteiger partial charge in [0.25, 0.3) is 11.6 Å². The number of aliphatic carboxylic acids is 2. The lowest BCUT2D eigenvalue weighted by atomic mass is 9.95. The Balaban J connectivity index is 1.62. The molecule has 2 aliphatic heterocycles. The van der Waals surface area contributed by atoms with E-state index < -0.39 is 46.1 Å². The molecular formula is C21H23N7O7S2. The Kier molecular flexibility index (Phi) is 7.82. The van der Waals surface area contributed by atoms with Crippen LogP contribution in [0.1, 0.15) is 24.4 Å². The van der Waals surface area contributed by atoms with Crippen molar-refractivity contribution in [2.75, 3.05) is 12.9 Å². The normalized spacial score (nSPS) is 22.6. The van der Waals surface area contributed by atoms with Crippen molar-refractivity contribution in [3.05, 3.63) is 47.2 Å². The third-order valence-electron chi connectivity index (χ3n) is 5.92. The Hall–Kier alpha value is -3.47. The molecule has 14 nitrogen and oxygen atoms in total. The van der Waals surface area contributed by atoms with E-state index in [-0.39, 0.29) is 29.4 Å². The molecule has 16 heteroatoms. The monoisotopic (exact) mass is 549 g/mol. The zero-order valence-electron chi connectivity index (χ0n) is 19.4. The van der Waals surface area contributed by atoms with Gasteiger partial charge in [0.15, 0.2) is 0 Å². The topological polar surface area (TPSA) is 214 Å². The number of nitrogens with zero attached hydrogens (tertiary/aromatic N) is 4. The van der Waals surface area contributed by atoms with Crippen LogP contribution in [0.5, 0.6) is 0 Å². The second-order valence-corrected chi connectivity index (χ2v) is 10.3. The number of β-lactam (4-membered cyclic amide) rings is 1. The predicted molar refractivity (Wildman–Crippen MR) is 130 cm³/mol. The van der Waals surface area contributed by atoms with Gasteiger partial charge in [-0.2, -0.15) is 5.21 Å². The van der Waals surface area contributed by atoms with Gasteiger partial charge in [0.2, 0.25) is 11.1 Å². The number of nitrogens with one attached hydrogen (secondary N) is 2. The lowest BCUT2D eigenvalue weighted by Crippen LogP contribution is -2.81. The van der Waals surface area contributed by atoms with Gasteiger partial charge in [-0.3, -0.25) is 19.3 Å². The van der Waals surface area contributed by atoms with Crippen molar-refractivity contribution in [3.63, 3.8) is 0 Å². The molecule has 2 unspecified atom stereocenters. The van der Waals surface area contributed by atoms with Crippen LogP contribution in [-0.2, 0) is 23.9 Å². The number of fused-ring (bicyclic) bond motifs is 1. The van der Waals surface area contributed by atoms with Crippen molar-refractivity contribution in [2.24, 2.45) is 5.73 Å². The summed E-state index contributed by atoms with van der Waals surface area (Å²) in [6.45, 7) is 0. The molecule has 1 fully saturated rings. The fraction of sp³-hybridized carbons (Fsp3) is 0.381. The van der Waals surface area contributed by atoms with Crippen LogP contribution in [0.3, 0.4) is 0 Å². The van der Waals surface area contributed by atoms with Gasteiger partial charge >= 0.3 is 11.9 Å². The molecule has 4 rings (SSSR count). The molecule has 4 atom stereocenters. The molecule has 0 spiro atoms. The molecule has 0 bridgehead atoms. The summed E-state index contributed by atoms with van der Waals surface area (Å²) in [5.41, 5.74) is 4.82. The van der Waals surface area contributed by atoms with Crippen molar-refractivity contribution in [2.45, 2.75) is 40.4 Å². The van der Waals surface area contributed by atoms with Gasteiger partial charge in [0.05, 0.1) is 0 Å². The van der Waals surface area contributed by atoms with Crippen LogP contribution in [-0.4, -0.2) is 88.7 Å². The fourth-order valence-electron chi connectivity index (χ4n) is 4.11. The number of methoxy groups -OCH3 is 1. The Labute approximate surface area is 218 Å². The van der Waals surface area contributed by atoms with Gasteiger partial charge < -0.3 is 26.0 Å². The first-order valence-electron chi connectivity index (χ1n) is 10.9. The van der Waals surface area contributed by atoms with E-state index in [2.05, 4.69) is 25.9 Å². The first-order chi connectivity index (χ1) is 17.7. The van der Waals surface area contributed by atoms with Crippen LogP contribution in [0.4, 0.5) is 0 Å². The molecule has 196 valence electrons. The van der Waals surface area contributed by atoms with E-state index in [4.69, 9.17) is 10.5 Å². The summed E-state index contributed by atoms with van der Waals surface area (Å²) in [5, 5.41) is 34.0. The quantitative estimate of drug-likeness (QED) is 0.141. The lowest BCUT2D eigenvalue weighted by molar-refractivity contribution is -0.192. The summed E-state index contributed by atoms with van der Waals surface area (Å²) in [4.78, 5) is 51.0. The number of hydrogen-bond acceptors (Lipinski definition) is 11. The number of carbonyl (C=O) groups excluding carboxylic acids is 2. The fourth-order valence-corrected chi connectivity index (χ4v) is 6.74. The minimum atomic E-state index is -1.82. The average Bonchev–Trinajstić information content (AvgIpc) is 3.41. The molecule has 37 heavy (non-hydrogen) atoms. The highest BCUT2D eigenvalue weighted by Crippen LogP contribution is 2.49. The third kappa shape index (κ3) is 5.04. The minimum Gasteiger partial charge on any atom is -0.481 e. The number of aromatic amines is 1. The summed E-state index contributed by atoms with van der Waals surface area (Å²) in [7, 11) is 1.24. The molecule has 1 aromatic heterocycles. The third-order valence-corrected chi connectivity index (χ3v) is 8.44. The molecule has 2 amide bonds. The van der Waals surface area contributed by atoms with E-state index in [1.165, 1.54) is 18.9 Å². The molecule has 0 radical (unpaired) electrons. The molecule has 2 aromatic rings. The van der Waals surface area contributed by atoms with E-state index in [0.29, 0.717) is 11.1 Å². The Morgan fingerprint density at radius 1 is 1.35 bits per heavy atom. The first-order valence-corrected chi connectivity index (χ1v) is 12.8. The summed E-state index contributed by atoms with van der Waals surface area (Å²) in [5.74, 6) is -3.76. The van der Waals surface area contributed by atoms with Crippen LogP contribution in [0, 0.1) is 0 Å². The van der Waals surface area contributed by atoms with Gasteiger partial charge in [-0.05, 0) is 22.8 Å². The van der Waals surface area contributed by atoms with E-state index in [1.54, 1.807) is 30.3 Å². The van der Waals surface area contributed by atoms with Gasteiger partial charge in [0, 0.05) is 24.5 Å². The molecule has 6 N–H and O–H groups in total. The number of nitrogens with two attached hydrogens (primary N) is 1. The Morgan fingerprint density at radius 2 is 2.08 bits per heavy atom. The van der Waals surface area contributed by atoms with Crippen LogP contribution in [0.2, 0.25) is 0 Å². The van der Waals surface area contributed by atoms with Crippen molar-refractivity contribution >= 4 is 47.3 Å². The van der Waals surface area contributed by atoms with Crippen molar-refractivity contribution in [1.29, 1.82) is 0 Å².